The van der Waals surface area contributed by atoms with Gasteiger partial charge >= 0.3 is 5.97 Å². The van der Waals surface area contributed by atoms with Crippen molar-refractivity contribution in [2.24, 2.45) is 0 Å². The van der Waals surface area contributed by atoms with Crippen LogP contribution in [0.15, 0.2) is 53.5 Å². The summed E-state index contributed by atoms with van der Waals surface area (Å²) in [6, 6.07) is 9.62. The molecule has 2 aromatic heterocycles. The van der Waals surface area contributed by atoms with E-state index in [0.717, 1.165) is 17.0 Å². The van der Waals surface area contributed by atoms with Gasteiger partial charge in [-0.2, -0.15) is 0 Å². The Morgan fingerprint density at radius 2 is 2.17 bits per heavy atom. The molecule has 150 valence electrons. The zero-order valence-electron chi connectivity index (χ0n) is 16.0. The second-order valence-electron chi connectivity index (χ2n) is 6.07. The lowest BCUT2D eigenvalue weighted by atomic mass is 10.1. The number of esters is 1. The third kappa shape index (κ3) is 4.93. The molecule has 9 heteroatoms. The van der Waals surface area contributed by atoms with E-state index in [4.69, 9.17) is 4.74 Å². The number of rotatable bonds is 8. The summed E-state index contributed by atoms with van der Waals surface area (Å²) in [5.74, 6) is 0.125. The topological polar surface area (TPSA) is 86.1 Å². The number of aryl methyl sites for hydroxylation is 1. The van der Waals surface area contributed by atoms with Gasteiger partial charge in [-0.15, -0.1) is 28.1 Å². The van der Waals surface area contributed by atoms with Crippen LogP contribution in [0.3, 0.4) is 0 Å². The van der Waals surface area contributed by atoms with E-state index in [-0.39, 0.29) is 11.7 Å². The number of thiophene rings is 1. The van der Waals surface area contributed by atoms with E-state index in [0.29, 0.717) is 22.3 Å². The molecule has 0 unspecified atom stereocenters. The van der Waals surface area contributed by atoms with E-state index in [2.05, 4.69) is 22.1 Å². The Balaban J connectivity index is 1.72. The number of allylic oxidation sites excluding steroid dienone is 1. The van der Waals surface area contributed by atoms with Crippen LogP contribution in [0.4, 0.5) is 5.00 Å². The first-order chi connectivity index (χ1) is 14.0. The molecule has 0 saturated carbocycles. The van der Waals surface area contributed by atoms with Crippen LogP contribution in [0, 0.1) is 6.92 Å². The predicted molar refractivity (Wildman–Crippen MR) is 115 cm³/mol. The smallest absolute Gasteiger partial charge is 0.340 e. The summed E-state index contributed by atoms with van der Waals surface area (Å²) in [6.45, 7) is 6.35. The van der Waals surface area contributed by atoms with Crippen LogP contribution in [0.1, 0.15) is 15.9 Å². The molecule has 7 nitrogen and oxygen atoms in total. The molecule has 2 heterocycles. The maximum Gasteiger partial charge on any atom is 0.340 e. The van der Waals surface area contributed by atoms with E-state index >= 15 is 0 Å². The molecule has 29 heavy (non-hydrogen) atoms. The van der Waals surface area contributed by atoms with Crippen molar-refractivity contribution in [3.05, 3.63) is 59.5 Å². The minimum atomic E-state index is -0.484. The summed E-state index contributed by atoms with van der Waals surface area (Å²) in [4.78, 5) is 24.1. The van der Waals surface area contributed by atoms with Gasteiger partial charge in [0.2, 0.25) is 5.91 Å². The van der Waals surface area contributed by atoms with E-state index in [9.17, 15) is 9.59 Å². The van der Waals surface area contributed by atoms with Crippen molar-refractivity contribution in [1.82, 2.24) is 14.8 Å². The second kappa shape index (κ2) is 9.53. The molecule has 0 saturated heterocycles. The molecular formula is C20H20N4O3S2. The highest BCUT2D eigenvalue weighted by atomic mass is 32.2. The van der Waals surface area contributed by atoms with Crippen LogP contribution >= 0.6 is 23.1 Å². The van der Waals surface area contributed by atoms with Crippen LogP contribution in [0.2, 0.25) is 0 Å². The first-order valence-corrected chi connectivity index (χ1v) is 10.6. The zero-order valence-corrected chi connectivity index (χ0v) is 17.7. The molecule has 1 amide bonds. The third-order valence-electron chi connectivity index (χ3n) is 3.96. The minimum absolute atomic E-state index is 0.127. The summed E-state index contributed by atoms with van der Waals surface area (Å²) < 4.78 is 6.64. The molecule has 0 aliphatic carbocycles. The van der Waals surface area contributed by atoms with Crippen molar-refractivity contribution >= 4 is 40.0 Å². The zero-order chi connectivity index (χ0) is 20.8. The summed E-state index contributed by atoms with van der Waals surface area (Å²) in [5, 5.41) is 14.1. The first-order valence-electron chi connectivity index (χ1n) is 8.73. The van der Waals surface area contributed by atoms with Crippen LogP contribution < -0.4 is 5.32 Å². The summed E-state index contributed by atoms with van der Waals surface area (Å²) in [5.41, 5.74) is 2.42. The van der Waals surface area contributed by atoms with Gasteiger partial charge in [-0.3, -0.25) is 9.36 Å². The van der Waals surface area contributed by atoms with Gasteiger partial charge in [-0.1, -0.05) is 41.6 Å². The number of amides is 1. The van der Waals surface area contributed by atoms with E-state index in [1.54, 1.807) is 17.5 Å². The van der Waals surface area contributed by atoms with Crippen molar-refractivity contribution in [2.75, 3.05) is 18.2 Å². The number of aromatic nitrogens is 3. The van der Waals surface area contributed by atoms with Crippen LogP contribution in [-0.2, 0) is 16.1 Å². The van der Waals surface area contributed by atoms with Crippen molar-refractivity contribution in [1.29, 1.82) is 0 Å². The number of carbonyl (C=O) groups excluding carboxylic acids is 2. The summed E-state index contributed by atoms with van der Waals surface area (Å²) in [6.07, 6.45) is 1.76. The normalized spacial score (nSPS) is 10.6. The van der Waals surface area contributed by atoms with Gasteiger partial charge in [0.1, 0.15) is 5.00 Å². The average molecular weight is 429 g/mol. The second-order valence-corrected chi connectivity index (χ2v) is 7.93. The number of carbonyl (C=O) groups is 2. The standard InChI is InChI=1S/C20H20N4O3S2/c1-4-9-24-17(14-7-5-6-13(2)11-14)22-23-20(24)29-12-16(25)21-18-15(8-10-28-18)19(26)27-3/h4-8,10-11H,1,9,12H2,2-3H3,(H,21,25). The fourth-order valence-corrected chi connectivity index (χ4v) is 4.20. The number of nitrogens with one attached hydrogen (secondary N) is 1. The number of hydrogen-bond acceptors (Lipinski definition) is 7. The van der Waals surface area contributed by atoms with Crippen LogP contribution in [-0.4, -0.2) is 39.5 Å². The van der Waals surface area contributed by atoms with Gasteiger partial charge in [0.25, 0.3) is 0 Å². The molecule has 0 spiro atoms. The highest BCUT2D eigenvalue weighted by Crippen LogP contribution is 2.27. The van der Waals surface area contributed by atoms with Gasteiger partial charge in [0, 0.05) is 12.1 Å². The molecule has 0 bridgehead atoms. The fourth-order valence-electron chi connectivity index (χ4n) is 2.66. The van der Waals surface area contributed by atoms with Crippen LogP contribution in [0.5, 0.6) is 0 Å². The molecule has 0 aliphatic rings. The molecule has 0 atom stereocenters. The Hall–Kier alpha value is -2.91. The average Bonchev–Trinajstić information content (AvgIpc) is 3.33. The number of hydrogen-bond donors (Lipinski definition) is 1. The number of nitrogens with zero attached hydrogens (tertiary/aromatic N) is 3. The lowest BCUT2D eigenvalue weighted by Crippen LogP contribution is -2.16. The van der Waals surface area contributed by atoms with Crippen molar-refractivity contribution < 1.29 is 14.3 Å². The summed E-state index contributed by atoms with van der Waals surface area (Å²) in [7, 11) is 1.31. The Bertz CT molecular complexity index is 1040. The lowest BCUT2D eigenvalue weighted by molar-refractivity contribution is -0.113. The van der Waals surface area contributed by atoms with Gasteiger partial charge < -0.3 is 10.1 Å². The molecular weight excluding hydrogens is 408 g/mol. The fraction of sp³-hybridized carbons (Fsp3) is 0.200. The van der Waals surface area contributed by atoms with E-state index < -0.39 is 5.97 Å². The van der Waals surface area contributed by atoms with Crippen molar-refractivity contribution in [3.63, 3.8) is 0 Å². The Kier molecular flexibility index (Phi) is 6.84. The largest absolute Gasteiger partial charge is 0.465 e. The van der Waals surface area contributed by atoms with E-state index in [1.165, 1.54) is 30.2 Å². The van der Waals surface area contributed by atoms with Gasteiger partial charge in [0.05, 0.1) is 18.4 Å². The highest BCUT2D eigenvalue weighted by Gasteiger charge is 2.18. The molecule has 3 rings (SSSR count). The number of benzene rings is 1. The van der Waals surface area contributed by atoms with Crippen LogP contribution in [0.25, 0.3) is 11.4 Å². The van der Waals surface area contributed by atoms with Gasteiger partial charge in [-0.25, -0.2) is 4.79 Å². The molecule has 0 aliphatic heterocycles. The van der Waals surface area contributed by atoms with Gasteiger partial charge in [-0.05, 0) is 24.4 Å². The quantitative estimate of drug-likeness (QED) is 0.331. The van der Waals surface area contributed by atoms with Gasteiger partial charge in [0.15, 0.2) is 11.0 Å². The number of methoxy groups -OCH3 is 1. The van der Waals surface area contributed by atoms with E-state index in [1.807, 2.05) is 35.8 Å². The number of thioether (sulfide) groups is 1. The highest BCUT2D eigenvalue weighted by molar-refractivity contribution is 7.99. The lowest BCUT2D eigenvalue weighted by Gasteiger charge is -2.08. The van der Waals surface area contributed by atoms with Crippen molar-refractivity contribution in [2.45, 2.75) is 18.6 Å². The first kappa shape index (κ1) is 20.8. The predicted octanol–water partition coefficient (Wildman–Crippen LogP) is 4.02. The monoisotopic (exact) mass is 428 g/mol. The molecule has 0 radical (unpaired) electrons. The van der Waals surface area contributed by atoms with Crippen molar-refractivity contribution in [3.8, 4) is 11.4 Å². The summed E-state index contributed by atoms with van der Waals surface area (Å²) >= 11 is 2.54. The molecule has 3 aromatic rings. The minimum Gasteiger partial charge on any atom is -0.465 e. The number of anilines is 1. The molecule has 1 N–H and O–H groups in total. The maximum atomic E-state index is 12.4. The Morgan fingerprint density at radius 3 is 2.90 bits per heavy atom. The Morgan fingerprint density at radius 1 is 1.34 bits per heavy atom. The number of ether oxygens (including phenoxy) is 1. The maximum absolute atomic E-state index is 12.4. The third-order valence-corrected chi connectivity index (χ3v) is 5.76. The Labute approximate surface area is 176 Å². The molecule has 1 aromatic carbocycles. The molecule has 0 fully saturated rings. The SMILES string of the molecule is C=CCn1c(SCC(=O)Nc2sccc2C(=O)OC)nnc1-c1cccc(C)c1.